The predicted molar refractivity (Wildman–Crippen MR) is 114 cm³/mol. The normalized spacial score (nSPS) is 20.2. The number of carbonyl (C=O) groups excluding carboxylic acids is 4. The van der Waals surface area contributed by atoms with E-state index in [1.165, 1.54) is 5.56 Å². The minimum absolute atomic E-state index is 0.176. The van der Waals surface area contributed by atoms with Gasteiger partial charge in [-0.2, -0.15) is 0 Å². The molecule has 2 fully saturated rings. The summed E-state index contributed by atoms with van der Waals surface area (Å²) in [7, 11) is 0. The Hall–Kier alpha value is -2.90. The molecule has 168 valence electrons. The first kappa shape index (κ1) is 22.8. The molecule has 8 heteroatoms. The van der Waals surface area contributed by atoms with E-state index in [9.17, 15) is 19.2 Å². The zero-order valence-electron chi connectivity index (χ0n) is 18.4. The Balaban J connectivity index is 1.47. The molecule has 3 rings (SSSR count). The van der Waals surface area contributed by atoms with E-state index in [2.05, 4.69) is 10.6 Å². The number of imide groups is 1. The summed E-state index contributed by atoms with van der Waals surface area (Å²) in [4.78, 5) is 49.2. The van der Waals surface area contributed by atoms with Gasteiger partial charge in [0.1, 0.15) is 11.6 Å². The highest BCUT2D eigenvalue weighted by molar-refractivity contribution is 6.01. The Kier molecular flexibility index (Phi) is 6.97. The number of nitrogens with one attached hydrogen (secondary N) is 2. The second kappa shape index (κ2) is 9.49. The Labute approximate surface area is 182 Å². The number of hydrogen-bond donors (Lipinski definition) is 2. The lowest BCUT2D eigenvalue weighted by Gasteiger charge is -2.33. The highest BCUT2D eigenvalue weighted by Crippen LogP contribution is 2.29. The Morgan fingerprint density at radius 2 is 1.74 bits per heavy atom. The van der Waals surface area contributed by atoms with Gasteiger partial charge in [0, 0.05) is 19.5 Å². The predicted octanol–water partition coefficient (Wildman–Crippen LogP) is 2.26. The molecule has 8 nitrogen and oxygen atoms in total. The first-order chi connectivity index (χ1) is 14.6. The van der Waals surface area contributed by atoms with Gasteiger partial charge in [0.05, 0.1) is 6.42 Å². The summed E-state index contributed by atoms with van der Waals surface area (Å²) in [5.74, 6) is -0.626. The van der Waals surface area contributed by atoms with Crippen molar-refractivity contribution in [1.82, 2.24) is 15.5 Å². The highest BCUT2D eigenvalue weighted by atomic mass is 16.6. The van der Waals surface area contributed by atoms with Gasteiger partial charge in [0.2, 0.25) is 17.7 Å². The van der Waals surface area contributed by atoms with E-state index in [1.807, 2.05) is 45.0 Å². The van der Waals surface area contributed by atoms with Crippen molar-refractivity contribution in [3.05, 3.63) is 35.4 Å². The van der Waals surface area contributed by atoms with E-state index in [0.717, 1.165) is 18.4 Å². The van der Waals surface area contributed by atoms with Crippen LogP contribution in [0, 0.1) is 0 Å². The first-order valence-corrected chi connectivity index (χ1v) is 10.8. The molecule has 0 spiro atoms. The van der Waals surface area contributed by atoms with Crippen LogP contribution >= 0.6 is 0 Å². The van der Waals surface area contributed by atoms with Gasteiger partial charge in [-0.25, -0.2) is 4.79 Å². The molecule has 0 saturated carbocycles. The molecule has 0 aliphatic carbocycles. The van der Waals surface area contributed by atoms with Crippen LogP contribution in [0.4, 0.5) is 4.79 Å². The average molecular weight is 430 g/mol. The minimum Gasteiger partial charge on any atom is -0.444 e. The largest absolute Gasteiger partial charge is 0.444 e. The van der Waals surface area contributed by atoms with Gasteiger partial charge in [-0.1, -0.05) is 24.3 Å². The van der Waals surface area contributed by atoms with E-state index in [0.29, 0.717) is 25.4 Å². The van der Waals surface area contributed by atoms with E-state index in [1.54, 1.807) is 4.90 Å². The van der Waals surface area contributed by atoms with E-state index >= 15 is 0 Å². The van der Waals surface area contributed by atoms with Crippen molar-refractivity contribution >= 4 is 23.8 Å². The molecule has 1 unspecified atom stereocenters. The number of nitrogens with zero attached hydrogens (tertiary/aromatic N) is 1. The number of piperidine rings is 2. The van der Waals surface area contributed by atoms with Crippen LogP contribution in [0.1, 0.15) is 63.5 Å². The van der Waals surface area contributed by atoms with Crippen LogP contribution < -0.4 is 10.6 Å². The van der Waals surface area contributed by atoms with Gasteiger partial charge in [0.25, 0.3) is 0 Å². The highest BCUT2D eigenvalue weighted by Gasteiger charge is 2.29. The van der Waals surface area contributed by atoms with Crippen LogP contribution in [0.5, 0.6) is 0 Å². The summed E-state index contributed by atoms with van der Waals surface area (Å²) < 4.78 is 5.44. The van der Waals surface area contributed by atoms with Crippen molar-refractivity contribution < 1.29 is 23.9 Å². The smallest absolute Gasteiger partial charge is 0.410 e. The molecule has 1 aromatic carbocycles. The number of carbonyl (C=O) groups is 4. The number of amides is 4. The Morgan fingerprint density at radius 1 is 1.10 bits per heavy atom. The summed E-state index contributed by atoms with van der Waals surface area (Å²) in [6.07, 6.45) is 2.22. The minimum atomic E-state index is -0.653. The van der Waals surface area contributed by atoms with Crippen molar-refractivity contribution in [3.63, 3.8) is 0 Å². The van der Waals surface area contributed by atoms with Crippen molar-refractivity contribution in [2.45, 2.75) is 70.4 Å². The zero-order chi connectivity index (χ0) is 22.6. The van der Waals surface area contributed by atoms with Gasteiger partial charge < -0.3 is 15.0 Å². The summed E-state index contributed by atoms with van der Waals surface area (Å²) in [5, 5.41) is 4.93. The molecule has 4 amide bonds. The van der Waals surface area contributed by atoms with Gasteiger partial charge in [-0.3, -0.25) is 19.7 Å². The summed E-state index contributed by atoms with van der Waals surface area (Å²) in [6, 6.07) is 7.27. The topological polar surface area (TPSA) is 105 Å². The lowest BCUT2D eigenvalue weighted by Crippen LogP contribution is -2.52. The molecule has 0 bridgehead atoms. The Morgan fingerprint density at radius 3 is 2.32 bits per heavy atom. The van der Waals surface area contributed by atoms with Gasteiger partial charge in [-0.15, -0.1) is 0 Å². The third-order valence-electron chi connectivity index (χ3n) is 5.54. The fraction of sp³-hybridized carbons (Fsp3) is 0.565. The molecule has 0 radical (unpaired) electrons. The number of hydrogen-bond acceptors (Lipinski definition) is 5. The maximum absolute atomic E-state index is 12.3. The molecule has 2 aliphatic rings. The van der Waals surface area contributed by atoms with Gasteiger partial charge >= 0.3 is 6.09 Å². The Bertz CT molecular complexity index is 836. The third-order valence-corrected chi connectivity index (χ3v) is 5.54. The van der Waals surface area contributed by atoms with Crippen molar-refractivity contribution in [1.29, 1.82) is 0 Å². The first-order valence-electron chi connectivity index (χ1n) is 10.8. The van der Waals surface area contributed by atoms with Crippen LogP contribution in [0.25, 0.3) is 0 Å². The number of rotatable bonds is 4. The average Bonchev–Trinajstić information content (AvgIpc) is 2.69. The van der Waals surface area contributed by atoms with Gasteiger partial charge in [-0.05, 0) is 57.1 Å². The lowest BCUT2D eigenvalue weighted by atomic mass is 9.89. The van der Waals surface area contributed by atoms with Crippen molar-refractivity contribution in [3.8, 4) is 0 Å². The molecule has 2 N–H and O–H groups in total. The molecular formula is C23H31N3O5. The van der Waals surface area contributed by atoms with Crippen LogP contribution in [-0.2, 0) is 25.5 Å². The van der Waals surface area contributed by atoms with E-state index in [-0.39, 0.29) is 30.7 Å². The molecule has 2 heterocycles. The zero-order valence-corrected chi connectivity index (χ0v) is 18.4. The molecule has 1 atom stereocenters. The van der Waals surface area contributed by atoms with Crippen molar-refractivity contribution in [2.24, 2.45) is 0 Å². The third kappa shape index (κ3) is 6.54. The quantitative estimate of drug-likeness (QED) is 0.715. The molecule has 31 heavy (non-hydrogen) atoms. The van der Waals surface area contributed by atoms with Crippen LogP contribution in [0.2, 0.25) is 0 Å². The maximum atomic E-state index is 12.3. The van der Waals surface area contributed by atoms with Crippen LogP contribution in [0.3, 0.4) is 0 Å². The monoisotopic (exact) mass is 429 g/mol. The van der Waals surface area contributed by atoms with E-state index < -0.39 is 17.6 Å². The summed E-state index contributed by atoms with van der Waals surface area (Å²) in [5.41, 5.74) is 1.56. The maximum Gasteiger partial charge on any atom is 0.410 e. The molecule has 2 saturated heterocycles. The standard InChI is InChI=1S/C23H31N3O5/c1-23(2,3)31-22(30)26-12-10-17(11-13-26)16-6-4-15(5-7-16)14-20(28)24-18-8-9-19(27)25-21(18)29/h4-7,17-18H,8-14H2,1-3H3,(H,24,28)(H,25,27,29). The van der Waals surface area contributed by atoms with Crippen LogP contribution in [0.15, 0.2) is 24.3 Å². The second-order valence-corrected chi connectivity index (χ2v) is 9.23. The lowest BCUT2D eigenvalue weighted by molar-refractivity contribution is -0.137. The van der Waals surface area contributed by atoms with Crippen molar-refractivity contribution in [2.75, 3.05) is 13.1 Å². The number of benzene rings is 1. The molecule has 0 aromatic heterocycles. The SMILES string of the molecule is CC(C)(C)OC(=O)N1CCC(c2ccc(CC(=O)NC3CCC(=O)NC3=O)cc2)CC1. The summed E-state index contributed by atoms with van der Waals surface area (Å²) >= 11 is 0. The van der Waals surface area contributed by atoms with E-state index in [4.69, 9.17) is 4.74 Å². The fourth-order valence-electron chi connectivity index (χ4n) is 3.89. The molecule has 1 aromatic rings. The number of ether oxygens (including phenoxy) is 1. The van der Waals surface area contributed by atoms with Crippen LogP contribution in [-0.4, -0.2) is 53.4 Å². The molecular weight excluding hydrogens is 398 g/mol. The molecule has 2 aliphatic heterocycles. The fourth-order valence-corrected chi connectivity index (χ4v) is 3.89. The second-order valence-electron chi connectivity index (χ2n) is 9.23. The summed E-state index contributed by atoms with van der Waals surface area (Å²) in [6.45, 7) is 6.92. The number of likely N-dealkylation sites (tertiary alicyclic amines) is 1. The van der Waals surface area contributed by atoms with Gasteiger partial charge in [0.15, 0.2) is 0 Å².